The van der Waals surface area contributed by atoms with Gasteiger partial charge >= 0.3 is 0 Å². The zero-order valence-corrected chi connectivity index (χ0v) is 20.1. The fourth-order valence-electron chi connectivity index (χ4n) is 2.24. The van der Waals surface area contributed by atoms with Crippen LogP contribution < -0.4 is 4.74 Å². The Morgan fingerprint density at radius 1 is 0.926 bits per heavy atom. The lowest BCUT2D eigenvalue weighted by Gasteiger charge is -2.09. The molecule has 0 unspecified atom stereocenters. The van der Waals surface area contributed by atoms with Gasteiger partial charge in [-0.25, -0.2) is 0 Å². The van der Waals surface area contributed by atoms with Crippen molar-refractivity contribution in [1.82, 2.24) is 0 Å². The third-order valence-electron chi connectivity index (χ3n) is 3.53. The van der Waals surface area contributed by atoms with Crippen LogP contribution in [0, 0.1) is 0 Å². The smallest absolute Gasteiger partial charge is 0.185 e. The first-order valence-electron chi connectivity index (χ1n) is 7.76. The topological polar surface area (TPSA) is 39.4 Å². The molecule has 0 bridgehead atoms. The van der Waals surface area contributed by atoms with Crippen LogP contribution in [0.5, 0.6) is 5.75 Å². The van der Waals surface area contributed by atoms with E-state index in [2.05, 4.69) is 63.7 Å². The molecule has 1 heterocycles. The third kappa shape index (κ3) is 5.67. The zero-order chi connectivity index (χ0) is 19.4. The molecule has 0 aliphatic rings. The van der Waals surface area contributed by atoms with Crippen molar-refractivity contribution in [3.05, 3.63) is 89.6 Å². The molecule has 0 amide bonds. The number of carbonyl (C=O) groups excluding carboxylic acids is 1. The first-order chi connectivity index (χ1) is 12.9. The maximum Gasteiger partial charge on any atom is 0.185 e. The lowest BCUT2D eigenvalue weighted by atomic mass is 10.1. The average molecular weight is 620 g/mol. The van der Waals surface area contributed by atoms with Gasteiger partial charge in [0.2, 0.25) is 0 Å². The van der Waals surface area contributed by atoms with Gasteiger partial charge in [-0.2, -0.15) is 0 Å². The van der Waals surface area contributed by atoms with Gasteiger partial charge in [0.05, 0.1) is 8.95 Å². The molecular formula is C20H12Br4O3. The second-order valence-corrected chi connectivity index (χ2v) is 9.04. The van der Waals surface area contributed by atoms with E-state index < -0.39 is 0 Å². The SMILES string of the molecule is O=C(/C=C/c1ccc(COc2c(Br)cc(Br)cc2Br)o1)c1ccc(Br)cc1. The van der Waals surface area contributed by atoms with Gasteiger partial charge in [0, 0.05) is 14.5 Å². The summed E-state index contributed by atoms with van der Waals surface area (Å²) in [6.45, 7) is 0.271. The summed E-state index contributed by atoms with van der Waals surface area (Å²) in [6, 6.07) is 14.6. The van der Waals surface area contributed by atoms with E-state index >= 15 is 0 Å². The minimum absolute atomic E-state index is 0.0839. The Hall–Kier alpha value is -1.15. The van der Waals surface area contributed by atoms with E-state index in [4.69, 9.17) is 9.15 Å². The van der Waals surface area contributed by atoms with Gasteiger partial charge in [-0.3, -0.25) is 4.79 Å². The fourth-order valence-corrected chi connectivity index (χ4v) is 4.99. The summed E-state index contributed by atoms with van der Waals surface area (Å²) < 4.78 is 15.1. The van der Waals surface area contributed by atoms with Crippen molar-refractivity contribution in [2.45, 2.75) is 6.61 Å². The van der Waals surface area contributed by atoms with Crippen molar-refractivity contribution >= 4 is 75.6 Å². The molecule has 0 atom stereocenters. The molecule has 27 heavy (non-hydrogen) atoms. The Kier molecular flexibility index (Phi) is 7.14. The van der Waals surface area contributed by atoms with Gasteiger partial charge in [-0.1, -0.05) is 31.9 Å². The molecule has 0 saturated carbocycles. The van der Waals surface area contributed by atoms with E-state index in [1.165, 1.54) is 6.08 Å². The van der Waals surface area contributed by atoms with Crippen LogP contribution in [0.25, 0.3) is 6.08 Å². The second kappa shape index (κ2) is 9.37. The lowest BCUT2D eigenvalue weighted by molar-refractivity contribution is 0.104. The van der Waals surface area contributed by atoms with Gasteiger partial charge in [-0.05, 0) is 92.5 Å². The number of benzene rings is 2. The zero-order valence-electron chi connectivity index (χ0n) is 13.7. The second-order valence-electron chi connectivity index (χ2n) is 5.50. The first kappa shape index (κ1) is 20.6. The summed E-state index contributed by atoms with van der Waals surface area (Å²) in [5.74, 6) is 1.86. The van der Waals surface area contributed by atoms with Crippen LogP contribution in [0.15, 0.2) is 76.9 Å². The molecule has 3 aromatic rings. The van der Waals surface area contributed by atoms with E-state index in [1.54, 1.807) is 24.3 Å². The number of ketones is 1. The predicted molar refractivity (Wildman–Crippen MR) is 120 cm³/mol. The van der Waals surface area contributed by atoms with Gasteiger partial charge in [0.15, 0.2) is 5.78 Å². The van der Waals surface area contributed by atoms with Crippen molar-refractivity contribution < 1.29 is 13.9 Å². The standard InChI is InChI=1S/C20H12Br4O3/c21-13-3-1-12(2-4-13)19(25)8-7-15-5-6-16(27-15)11-26-20-17(23)9-14(22)10-18(20)24/h1-10H,11H2/b8-7+. The molecule has 2 aromatic carbocycles. The Morgan fingerprint density at radius 2 is 1.59 bits per heavy atom. The monoisotopic (exact) mass is 616 g/mol. The van der Waals surface area contributed by atoms with E-state index in [9.17, 15) is 4.79 Å². The molecule has 0 saturated heterocycles. The molecule has 0 fully saturated rings. The van der Waals surface area contributed by atoms with Crippen LogP contribution in [-0.4, -0.2) is 5.78 Å². The van der Waals surface area contributed by atoms with Crippen molar-refractivity contribution in [1.29, 1.82) is 0 Å². The van der Waals surface area contributed by atoms with Gasteiger partial charge in [-0.15, -0.1) is 0 Å². The fraction of sp³-hybridized carbons (Fsp3) is 0.0500. The van der Waals surface area contributed by atoms with Crippen molar-refractivity contribution in [3.8, 4) is 5.75 Å². The number of carbonyl (C=O) groups is 1. The van der Waals surface area contributed by atoms with Crippen LogP contribution in [0.4, 0.5) is 0 Å². The summed E-state index contributed by atoms with van der Waals surface area (Å²) in [5.41, 5.74) is 0.620. The maximum atomic E-state index is 12.2. The minimum atomic E-state index is -0.0839. The third-order valence-corrected chi connectivity index (χ3v) is 5.70. The summed E-state index contributed by atoms with van der Waals surface area (Å²) in [5, 5.41) is 0. The van der Waals surface area contributed by atoms with E-state index in [0.717, 1.165) is 17.9 Å². The Morgan fingerprint density at radius 3 is 2.26 bits per heavy atom. The Labute approximate surface area is 190 Å². The molecule has 0 aliphatic carbocycles. The molecule has 0 radical (unpaired) electrons. The number of ether oxygens (including phenoxy) is 1. The highest BCUT2D eigenvalue weighted by Gasteiger charge is 2.10. The van der Waals surface area contributed by atoms with Gasteiger partial charge < -0.3 is 9.15 Å². The highest BCUT2D eigenvalue weighted by molar-refractivity contribution is 9.11. The normalized spacial score (nSPS) is 11.1. The number of hydrogen-bond acceptors (Lipinski definition) is 3. The molecule has 3 nitrogen and oxygen atoms in total. The molecule has 0 aliphatic heterocycles. The van der Waals surface area contributed by atoms with Crippen LogP contribution in [0.1, 0.15) is 21.9 Å². The van der Waals surface area contributed by atoms with Crippen LogP contribution >= 0.6 is 63.7 Å². The Bertz CT molecular complexity index is 968. The highest BCUT2D eigenvalue weighted by atomic mass is 79.9. The molecule has 3 rings (SSSR count). The largest absolute Gasteiger partial charge is 0.483 e. The molecule has 7 heteroatoms. The Balaban J connectivity index is 1.63. The average Bonchev–Trinajstić information content (AvgIpc) is 3.07. The first-order valence-corrected chi connectivity index (χ1v) is 10.9. The molecule has 0 spiro atoms. The van der Waals surface area contributed by atoms with Gasteiger partial charge in [0.25, 0.3) is 0 Å². The summed E-state index contributed by atoms with van der Waals surface area (Å²) in [6.07, 6.45) is 3.15. The summed E-state index contributed by atoms with van der Waals surface area (Å²) in [4.78, 5) is 12.2. The van der Waals surface area contributed by atoms with Crippen LogP contribution in [0.2, 0.25) is 0 Å². The molecule has 138 valence electrons. The number of allylic oxidation sites excluding steroid dienone is 1. The number of hydrogen-bond donors (Lipinski definition) is 0. The van der Waals surface area contributed by atoms with Crippen LogP contribution in [-0.2, 0) is 6.61 Å². The summed E-state index contributed by atoms with van der Waals surface area (Å²) in [7, 11) is 0. The maximum absolute atomic E-state index is 12.2. The van der Waals surface area contributed by atoms with Crippen molar-refractivity contribution in [3.63, 3.8) is 0 Å². The highest BCUT2D eigenvalue weighted by Crippen LogP contribution is 2.36. The molecule has 0 N–H and O–H groups in total. The van der Waals surface area contributed by atoms with Gasteiger partial charge in [0.1, 0.15) is 23.9 Å². The predicted octanol–water partition coefficient (Wildman–Crippen LogP) is 7.80. The molecular weight excluding hydrogens is 608 g/mol. The van der Waals surface area contributed by atoms with E-state index in [0.29, 0.717) is 22.8 Å². The quantitative estimate of drug-likeness (QED) is 0.209. The number of furan rings is 1. The summed E-state index contributed by atoms with van der Waals surface area (Å²) >= 11 is 13.7. The number of rotatable bonds is 6. The molecule has 1 aromatic heterocycles. The number of halogens is 4. The van der Waals surface area contributed by atoms with Crippen molar-refractivity contribution in [2.75, 3.05) is 0 Å². The van der Waals surface area contributed by atoms with Crippen LogP contribution in [0.3, 0.4) is 0 Å². The van der Waals surface area contributed by atoms with Crippen molar-refractivity contribution in [2.24, 2.45) is 0 Å². The van der Waals surface area contributed by atoms with E-state index in [1.807, 2.05) is 30.3 Å². The van der Waals surface area contributed by atoms with E-state index in [-0.39, 0.29) is 12.4 Å². The minimum Gasteiger partial charge on any atom is -0.483 e. The lowest BCUT2D eigenvalue weighted by Crippen LogP contribution is -1.95.